The van der Waals surface area contributed by atoms with Crippen molar-refractivity contribution in [2.24, 2.45) is 0 Å². The molecular weight excluding hydrogens is 591 g/mol. The number of hydrogen-bond donors (Lipinski definition) is 3. The molecule has 3 amide bonds. The first kappa shape index (κ1) is 30.4. The van der Waals surface area contributed by atoms with Crippen molar-refractivity contribution >= 4 is 57.7 Å². The highest BCUT2D eigenvalue weighted by atomic mass is 32.2. The Hall–Kier alpha value is -5.06. The Morgan fingerprint density at radius 2 is 1.70 bits per heavy atom. The summed E-state index contributed by atoms with van der Waals surface area (Å²) in [4.78, 5) is 48.6. The number of thioether (sulfide) groups is 1. The predicted octanol–water partition coefficient (Wildman–Crippen LogP) is 7.04. The van der Waals surface area contributed by atoms with E-state index >= 15 is 0 Å². The first-order valence-corrected chi connectivity index (χ1v) is 15.5. The minimum absolute atomic E-state index is 0.0612. The molecule has 44 heavy (non-hydrogen) atoms. The first-order chi connectivity index (χ1) is 21.3. The fraction of sp³-hybridized carbons (Fsp3) is 0.0882. The molecule has 0 radical (unpaired) electrons. The van der Waals surface area contributed by atoms with E-state index in [2.05, 4.69) is 25.9 Å². The lowest BCUT2D eigenvalue weighted by Gasteiger charge is -2.13. The summed E-state index contributed by atoms with van der Waals surface area (Å²) < 4.78 is 0. The maximum atomic E-state index is 13.4. The third-order valence-corrected chi connectivity index (χ3v) is 8.23. The number of hydrogen-bond acceptors (Lipinski definition) is 7. The highest BCUT2D eigenvalue weighted by molar-refractivity contribution is 8.00. The van der Waals surface area contributed by atoms with Crippen LogP contribution in [0, 0.1) is 6.92 Å². The molecule has 1 unspecified atom stereocenters. The van der Waals surface area contributed by atoms with Crippen molar-refractivity contribution < 1.29 is 14.4 Å². The molecule has 0 bridgehead atoms. The number of thiazole rings is 1. The molecule has 0 aliphatic rings. The Kier molecular flexibility index (Phi) is 9.96. The van der Waals surface area contributed by atoms with Crippen LogP contribution in [0.1, 0.15) is 28.4 Å². The quantitative estimate of drug-likeness (QED) is 0.114. The van der Waals surface area contributed by atoms with Gasteiger partial charge in [-0.05, 0) is 61.9 Å². The third kappa shape index (κ3) is 8.27. The molecule has 0 aliphatic carbocycles. The van der Waals surface area contributed by atoms with E-state index in [-0.39, 0.29) is 11.6 Å². The summed E-state index contributed by atoms with van der Waals surface area (Å²) in [5.74, 6) is -1.09. The van der Waals surface area contributed by atoms with Gasteiger partial charge in [0.1, 0.15) is 5.70 Å². The van der Waals surface area contributed by atoms with Crippen LogP contribution in [-0.4, -0.2) is 32.9 Å². The monoisotopic (exact) mass is 619 g/mol. The van der Waals surface area contributed by atoms with Crippen molar-refractivity contribution in [3.8, 4) is 11.3 Å². The second-order valence-electron chi connectivity index (χ2n) is 9.80. The van der Waals surface area contributed by atoms with Gasteiger partial charge in [-0.2, -0.15) is 0 Å². The zero-order chi connectivity index (χ0) is 30.9. The van der Waals surface area contributed by atoms with Gasteiger partial charge in [0, 0.05) is 39.5 Å². The summed E-state index contributed by atoms with van der Waals surface area (Å²) in [6, 6.07) is 27.5. The van der Waals surface area contributed by atoms with E-state index in [1.165, 1.54) is 28.7 Å². The Labute approximate surface area is 263 Å². The predicted molar refractivity (Wildman–Crippen MR) is 177 cm³/mol. The molecule has 5 rings (SSSR count). The van der Waals surface area contributed by atoms with Crippen LogP contribution in [0.3, 0.4) is 0 Å². The normalized spacial score (nSPS) is 11.8. The largest absolute Gasteiger partial charge is 0.321 e. The second-order valence-corrected chi connectivity index (χ2v) is 12.1. The number of amides is 3. The molecule has 5 aromatic rings. The van der Waals surface area contributed by atoms with E-state index in [0.717, 1.165) is 16.2 Å². The van der Waals surface area contributed by atoms with Gasteiger partial charge in [-0.1, -0.05) is 60.2 Å². The lowest BCUT2D eigenvalue weighted by molar-refractivity contribution is -0.115. The number of aryl methyl sites for hydroxylation is 1. The van der Waals surface area contributed by atoms with E-state index in [0.29, 0.717) is 21.9 Å². The van der Waals surface area contributed by atoms with Crippen molar-refractivity contribution in [1.29, 1.82) is 0 Å². The Balaban J connectivity index is 1.24. The highest BCUT2D eigenvalue weighted by Crippen LogP contribution is 2.29. The van der Waals surface area contributed by atoms with E-state index in [1.54, 1.807) is 73.1 Å². The highest BCUT2D eigenvalue weighted by Gasteiger charge is 2.18. The number of carbonyl (C=O) groups is 3. The van der Waals surface area contributed by atoms with Crippen LogP contribution in [0.15, 0.2) is 119 Å². The molecule has 8 nitrogen and oxygen atoms in total. The van der Waals surface area contributed by atoms with E-state index in [1.807, 2.05) is 55.6 Å². The lowest BCUT2D eigenvalue weighted by atomic mass is 10.1. The van der Waals surface area contributed by atoms with Crippen molar-refractivity contribution in [1.82, 2.24) is 15.3 Å². The van der Waals surface area contributed by atoms with E-state index < -0.39 is 17.1 Å². The molecule has 3 aromatic carbocycles. The second kappa shape index (κ2) is 14.4. The molecule has 220 valence electrons. The summed E-state index contributed by atoms with van der Waals surface area (Å²) >= 11 is 2.73. The zero-order valence-electron chi connectivity index (χ0n) is 24.0. The average molecular weight is 620 g/mol. The fourth-order valence-corrected chi connectivity index (χ4v) is 5.72. The summed E-state index contributed by atoms with van der Waals surface area (Å²) in [5.41, 5.74) is 4.63. The molecule has 3 N–H and O–H groups in total. The summed E-state index contributed by atoms with van der Waals surface area (Å²) in [6.45, 7) is 3.84. The average Bonchev–Trinajstić information content (AvgIpc) is 3.50. The standard InChI is InChI=1S/C34H29N5O3S2/c1-22-13-15-25(16-14-22)30-21-43-34(38-30)39-31(40)23(2)44-28-12-6-11-27(19-28)36-33(42)29(18-24-8-7-17-35-20-24)37-32(41)26-9-4-3-5-10-26/h3-21,23H,1-2H3,(H,36,42)(H,37,41)(H,38,39,40)/b29-18-. The smallest absolute Gasteiger partial charge is 0.272 e. The number of anilines is 2. The molecule has 2 heterocycles. The van der Waals surface area contributed by atoms with Gasteiger partial charge in [0.05, 0.1) is 10.9 Å². The molecule has 0 aliphatic heterocycles. The van der Waals surface area contributed by atoms with Crippen LogP contribution >= 0.6 is 23.1 Å². The van der Waals surface area contributed by atoms with Crippen molar-refractivity contribution in [3.63, 3.8) is 0 Å². The summed E-state index contributed by atoms with van der Waals surface area (Å²) in [6.07, 6.45) is 4.79. The van der Waals surface area contributed by atoms with Crippen LogP contribution in [0.2, 0.25) is 0 Å². The number of carbonyl (C=O) groups excluding carboxylic acids is 3. The maximum absolute atomic E-state index is 13.4. The lowest BCUT2D eigenvalue weighted by Crippen LogP contribution is -2.30. The van der Waals surface area contributed by atoms with Crippen LogP contribution < -0.4 is 16.0 Å². The van der Waals surface area contributed by atoms with Crippen LogP contribution in [0.4, 0.5) is 10.8 Å². The Bertz CT molecular complexity index is 1790. The van der Waals surface area contributed by atoms with E-state index in [4.69, 9.17) is 0 Å². The topological polar surface area (TPSA) is 113 Å². The SMILES string of the molecule is Cc1ccc(-c2csc(NC(=O)C(C)Sc3cccc(NC(=O)/C(=C/c4cccnc4)NC(=O)c4ccccc4)c3)n2)cc1. The number of rotatable bonds is 10. The van der Waals surface area contributed by atoms with Gasteiger partial charge < -0.3 is 16.0 Å². The number of pyridine rings is 1. The van der Waals surface area contributed by atoms with Gasteiger partial charge >= 0.3 is 0 Å². The van der Waals surface area contributed by atoms with Crippen LogP contribution in [0.25, 0.3) is 17.3 Å². The van der Waals surface area contributed by atoms with Gasteiger partial charge in [-0.25, -0.2) is 4.98 Å². The van der Waals surface area contributed by atoms with Crippen molar-refractivity contribution in [2.75, 3.05) is 10.6 Å². The van der Waals surface area contributed by atoms with Gasteiger partial charge in [-0.15, -0.1) is 23.1 Å². The van der Waals surface area contributed by atoms with Gasteiger partial charge in [0.25, 0.3) is 11.8 Å². The number of benzene rings is 3. The minimum Gasteiger partial charge on any atom is -0.321 e. The maximum Gasteiger partial charge on any atom is 0.272 e. The zero-order valence-corrected chi connectivity index (χ0v) is 25.6. The fourth-order valence-electron chi connectivity index (χ4n) is 4.07. The summed E-state index contributed by atoms with van der Waals surface area (Å²) in [7, 11) is 0. The molecule has 0 saturated carbocycles. The number of nitrogens with zero attached hydrogens (tertiary/aromatic N) is 2. The molecule has 0 saturated heterocycles. The van der Waals surface area contributed by atoms with Gasteiger partial charge in [0.2, 0.25) is 5.91 Å². The number of nitrogens with one attached hydrogen (secondary N) is 3. The molecular formula is C34H29N5O3S2. The molecule has 0 fully saturated rings. The van der Waals surface area contributed by atoms with Gasteiger partial charge in [0.15, 0.2) is 5.13 Å². The minimum atomic E-state index is -0.501. The van der Waals surface area contributed by atoms with Crippen LogP contribution in [-0.2, 0) is 9.59 Å². The van der Waals surface area contributed by atoms with Crippen molar-refractivity contribution in [3.05, 3.63) is 131 Å². The molecule has 1 atom stereocenters. The molecule has 2 aromatic heterocycles. The Morgan fingerprint density at radius 3 is 2.45 bits per heavy atom. The third-order valence-electron chi connectivity index (χ3n) is 6.38. The molecule has 0 spiro atoms. The Morgan fingerprint density at radius 1 is 0.909 bits per heavy atom. The summed E-state index contributed by atoms with van der Waals surface area (Å²) in [5, 5.41) is 10.5. The van der Waals surface area contributed by atoms with Gasteiger partial charge in [-0.3, -0.25) is 19.4 Å². The van der Waals surface area contributed by atoms with E-state index in [9.17, 15) is 14.4 Å². The van der Waals surface area contributed by atoms with Crippen LogP contribution in [0.5, 0.6) is 0 Å². The molecule has 10 heteroatoms. The van der Waals surface area contributed by atoms with Crippen molar-refractivity contribution in [2.45, 2.75) is 24.0 Å². The first-order valence-electron chi connectivity index (χ1n) is 13.7. The number of aromatic nitrogens is 2.